The van der Waals surface area contributed by atoms with Crippen LogP contribution in [-0.2, 0) is 4.79 Å². The van der Waals surface area contributed by atoms with Crippen LogP contribution in [0.3, 0.4) is 0 Å². The summed E-state index contributed by atoms with van der Waals surface area (Å²) in [5, 5.41) is 34.7. The van der Waals surface area contributed by atoms with E-state index in [-0.39, 0.29) is 17.0 Å². The SMILES string of the molecule is Cc1ccc(OCC(=O)N/N=C\c2ccc(O)c([N+](=O)[O-])c2)c([N+](=O)[O-])c1. The zero-order chi connectivity index (χ0) is 20.0. The smallest absolute Gasteiger partial charge is 0.311 e. The van der Waals surface area contributed by atoms with E-state index in [9.17, 15) is 30.1 Å². The number of nitrogens with zero attached hydrogens (tertiary/aromatic N) is 3. The fourth-order valence-corrected chi connectivity index (χ4v) is 2.01. The fourth-order valence-electron chi connectivity index (χ4n) is 2.01. The molecule has 0 bridgehead atoms. The standard InChI is InChI=1S/C16H14N4O7/c1-10-2-5-15(13(6-10)20(25)26)27-9-16(22)18-17-8-11-3-4-14(21)12(7-11)19(23)24/h2-8,21H,9H2,1H3,(H,18,22)/b17-8-. The first-order valence-electron chi connectivity index (χ1n) is 7.45. The van der Waals surface area contributed by atoms with Crippen molar-refractivity contribution in [2.75, 3.05) is 6.61 Å². The van der Waals surface area contributed by atoms with Crippen molar-refractivity contribution in [1.82, 2.24) is 5.43 Å². The Morgan fingerprint density at radius 2 is 1.89 bits per heavy atom. The first-order valence-corrected chi connectivity index (χ1v) is 7.45. The van der Waals surface area contributed by atoms with Crippen LogP contribution in [0, 0.1) is 27.2 Å². The number of nitro benzene ring substituents is 2. The van der Waals surface area contributed by atoms with E-state index in [1.807, 2.05) is 0 Å². The topological polar surface area (TPSA) is 157 Å². The molecule has 0 radical (unpaired) electrons. The van der Waals surface area contributed by atoms with E-state index in [1.165, 1.54) is 18.2 Å². The summed E-state index contributed by atoms with van der Waals surface area (Å²) in [6.45, 7) is 1.17. The minimum absolute atomic E-state index is 0.0566. The van der Waals surface area contributed by atoms with Gasteiger partial charge in [0.25, 0.3) is 5.91 Å². The molecule has 140 valence electrons. The first-order chi connectivity index (χ1) is 12.8. The van der Waals surface area contributed by atoms with Gasteiger partial charge in [-0.25, -0.2) is 5.43 Å². The molecule has 27 heavy (non-hydrogen) atoms. The predicted molar refractivity (Wildman–Crippen MR) is 93.8 cm³/mol. The lowest BCUT2D eigenvalue weighted by Crippen LogP contribution is -2.24. The van der Waals surface area contributed by atoms with Crippen molar-refractivity contribution in [1.29, 1.82) is 0 Å². The summed E-state index contributed by atoms with van der Waals surface area (Å²) in [4.78, 5) is 32.1. The van der Waals surface area contributed by atoms with Crippen molar-refractivity contribution >= 4 is 23.5 Å². The molecule has 1 amide bonds. The van der Waals surface area contributed by atoms with Crippen molar-refractivity contribution in [3.63, 3.8) is 0 Å². The number of carbonyl (C=O) groups excluding carboxylic acids is 1. The molecule has 0 aromatic heterocycles. The van der Waals surface area contributed by atoms with Crippen molar-refractivity contribution in [3.8, 4) is 11.5 Å². The fraction of sp³-hybridized carbons (Fsp3) is 0.125. The first kappa shape index (κ1) is 19.3. The van der Waals surface area contributed by atoms with Gasteiger partial charge in [-0.3, -0.25) is 25.0 Å². The highest BCUT2D eigenvalue weighted by molar-refractivity contribution is 5.84. The highest BCUT2D eigenvalue weighted by Crippen LogP contribution is 2.27. The zero-order valence-corrected chi connectivity index (χ0v) is 14.0. The number of nitro groups is 2. The molecule has 0 saturated carbocycles. The summed E-state index contributed by atoms with van der Waals surface area (Å²) in [6, 6.07) is 7.89. The predicted octanol–water partition coefficient (Wildman–Crippen LogP) is 2.05. The number of phenols is 1. The average Bonchev–Trinajstić information content (AvgIpc) is 2.61. The molecular weight excluding hydrogens is 360 g/mol. The molecule has 2 aromatic carbocycles. The lowest BCUT2D eigenvalue weighted by molar-refractivity contribution is -0.386. The summed E-state index contributed by atoms with van der Waals surface area (Å²) in [7, 11) is 0. The van der Waals surface area contributed by atoms with Gasteiger partial charge in [-0.2, -0.15) is 5.10 Å². The number of hydrogen-bond acceptors (Lipinski definition) is 8. The number of aryl methyl sites for hydroxylation is 1. The van der Waals surface area contributed by atoms with Crippen LogP contribution in [0.4, 0.5) is 11.4 Å². The van der Waals surface area contributed by atoms with E-state index >= 15 is 0 Å². The molecule has 0 aliphatic carbocycles. The summed E-state index contributed by atoms with van der Waals surface area (Å²) in [5.41, 5.74) is 2.31. The average molecular weight is 374 g/mol. The Balaban J connectivity index is 1.96. The number of rotatable bonds is 7. The lowest BCUT2D eigenvalue weighted by atomic mass is 10.2. The minimum Gasteiger partial charge on any atom is -0.502 e. The van der Waals surface area contributed by atoms with E-state index in [4.69, 9.17) is 4.74 Å². The van der Waals surface area contributed by atoms with Crippen molar-refractivity contribution in [3.05, 3.63) is 67.8 Å². The van der Waals surface area contributed by atoms with Gasteiger partial charge in [0.1, 0.15) is 0 Å². The van der Waals surface area contributed by atoms with Gasteiger partial charge in [0.05, 0.1) is 16.1 Å². The van der Waals surface area contributed by atoms with Gasteiger partial charge < -0.3 is 9.84 Å². The number of hydrogen-bond donors (Lipinski definition) is 2. The number of hydrazone groups is 1. The van der Waals surface area contributed by atoms with Crippen molar-refractivity contribution in [2.24, 2.45) is 5.10 Å². The normalized spacial score (nSPS) is 10.6. The van der Waals surface area contributed by atoms with Crippen molar-refractivity contribution in [2.45, 2.75) is 6.92 Å². The molecule has 2 N–H and O–H groups in total. The van der Waals surface area contributed by atoms with Crippen LogP contribution in [0.2, 0.25) is 0 Å². The molecule has 0 saturated heterocycles. The van der Waals surface area contributed by atoms with Gasteiger partial charge >= 0.3 is 11.4 Å². The maximum absolute atomic E-state index is 11.7. The van der Waals surface area contributed by atoms with E-state index in [2.05, 4.69) is 10.5 Å². The lowest BCUT2D eigenvalue weighted by Gasteiger charge is -2.06. The molecule has 0 unspecified atom stereocenters. The Morgan fingerprint density at radius 3 is 2.56 bits per heavy atom. The van der Waals surface area contributed by atoms with Crippen LogP contribution >= 0.6 is 0 Å². The molecular formula is C16H14N4O7. The highest BCUT2D eigenvalue weighted by Gasteiger charge is 2.16. The third kappa shape index (κ3) is 5.22. The van der Waals surface area contributed by atoms with Crippen LogP contribution in [0.1, 0.15) is 11.1 Å². The second-order valence-corrected chi connectivity index (χ2v) is 5.32. The number of ether oxygens (including phenoxy) is 1. The van der Waals surface area contributed by atoms with Crippen LogP contribution in [0.5, 0.6) is 11.5 Å². The third-order valence-electron chi connectivity index (χ3n) is 3.27. The Morgan fingerprint density at radius 1 is 1.19 bits per heavy atom. The number of aromatic hydroxyl groups is 1. The molecule has 0 aliphatic rings. The molecule has 0 aliphatic heterocycles. The summed E-state index contributed by atoms with van der Waals surface area (Å²) >= 11 is 0. The van der Waals surface area contributed by atoms with E-state index < -0.39 is 33.8 Å². The molecule has 2 aromatic rings. The Hall–Kier alpha value is -4.02. The van der Waals surface area contributed by atoms with Crippen LogP contribution < -0.4 is 10.2 Å². The van der Waals surface area contributed by atoms with Gasteiger partial charge in [-0.1, -0.05) is 6.07 Å². The molecule has 0 fully saturated rings. The largest absolute Gasteiger partial charge is 0.502 e. The second-order valence-electron chi connectivity index (χ2n) is 5.32. The molecule has 2 rings (SSSR count). The van der Waals surface area contributed by atoms with Crippen LogP contribution in [-0.4, -0.2) is 33.7 Å². The number of nitrogens with one attached hydrogen (secondary N) is 1. The van der Waals surface area contributed by atoms with Crippen molar-refractivity contribution < 1.29 is 24.5 Å². The van der Waals surface area contributed by atoms with Gasteiger partial charge in [-0.05, 0) is 30.7 Å². The monoisotopic (exact) mass is 374 g/mol. The zero-order valence-electron chi connectivity index (χ0n) is 14.0. The molecule has 0 spiro atoms. The van der Waals surface area contributed by atoms with Crippen LogP contribution in [0.15, 0.2) is 41.5 Å². The summed E-state index contributed by atoms with van der Waals surface area (Å²) in [6.07, 6.45) is 1.14. The maximum Gasteiger partial charge on any atom is 0.311 e. The van der Waals surface area contributed by atoms with Gasteiger partial charge in [-0.15, -0.1) is 0 Å². The van der Waals surface area contributed by atoms with E-state index in [1.54, 1.807) is 13.0 Å². The Bertz CT molecular complexity index is 927. The minimum atomic E-state index is -0.756. The van der Waals surface area contributed by atoms with Gasteiger partial charge in [0, 0.05) is 17.7 Å². The quantitative estimate of drug-likeness (QED) is 0.426. The van der Waals surface area contributed by atoms with E-state index in [0.29, 0.717) is 5.56 Å². The Labute approximate surface area is 152 Å². The third-order valence-corrected chi connectivity index (χ3v) is 3.27. The molecule has 0 atom stereocenters. The number of phenolic OH excluding ortho intramolecular Hbond substituents is 1. The molecule has 11 heteroatoms. The molecule has 0 heterocycles. The maximum atomic E-state index is 11.7. The summed E-state index contributed by atoms with van der Waals surface area (Å²) < 4.78 is 5.13. The molecule has 11 nitrogen and oxygen atoms in total. The second kappa shape index (κ2) is 8.38. The van der Waals surface area contributed by atoms with Gasteiger partial charge in [0.15, 0.2) is 18.1 Å². The van der Waals surface area contributed by atoms with E-state index in [0.717, 1.165) is 18.3 Å². The Kier molecular flexibility index (Phi) is 5.99. The van der Waals surface area contributed by atoms with Crippen LogP contribution in [0.25, 0.3) is 0 Å². The number of amides is 1. The number of carbonyl (C=O) groups is 1. The van der Waals surface area contributed by atoms with Gasteiger partial charge in [0.2, 0.25) is 0 Å². The number of benzene rings is 2. The summed E-state index contributed by atoms with van der Waals surface area (Å²) in [5.74, 6) is -1.23. The highest BCUT2D eigenvalue weighted by atomic mass is 16.6.